The number of carbonyl (C=O) groups excluding carboxylic acids is 1. The number of carbonyl (C=O) groups is 1. The molecule has 0 fully saturated rings. The smallest absolute Gasteiger partial charge is 0.257 e. The van der Waals surface area contributed by atoms with Gasteiger partial charge in [-0.15, -0.1) is 0 Å². The first-order chi connectivity index (χ1) is 15.9. The Kier molecular flexibility index (Phi) is 8.39. The number of thiazole rings is 1. The van der Waals surface area contributed by atoms with Gasteiger partial charge in [0.25, 0.3) is 5.91 Å². The molecule has 0 bridgehead atoms. The van der Waals surface area contributed by atoms with Crippen molar-refractivity contribution in [3.05, 3.63) is 64.4 Å². The van der Waals surface area contributed by atoms with Crippen molar-refractivity contribution in [2.75, 3.05) is 33.3 Å². The molecule has 7 nitrogen and oxygen atoms in total. The lowest BCUT2D eigenvalue weighted by Gasteiger charge is -2.15. The van der Waals surface area contributed by atoms with E-state index in [0.717, 1.165) is 28.7 Å². The summed E-state index contributed by atoms with van der Waals surface area (Å²) in [7, 11) is 4.74. The van der Waals surface area contributed by atoms with Crippen LogP contribution in [-0.2, 0) is 4.74 Å². The first-order valence-corrected chi connectivity index (χ1v) is 10.9. The number of nitrogens with zero attached hydrogens (tertiary/aromatic N) is 1. The summed E-state index contributed by atoms with van der Waals surface area (Å²) >= 11 is 0.754. The van der Waals surface area contributed by atoms with Gasteiger partial charge < -0.3 is 18.9 Å². The van der Waals surface area contributed by atoms with Gasteiger partial charge in [-0.05, 0) is 36.8 Å². The molecular weight excluding hydrogens is 447 g/mol. The Hall–Kier alpha value is -3.43. The van der Waals surface area contributed by atoms with Gasteiger partial charge in [0.1, 0.15) is 11.9 Å². The van der Waals surface area contributed by atoms with Gasteiger partial charge >= 0.3 is 0 Å². The van der Waals surface area contributed by atoms with Crippen LogP contribution in [0.4, 0.5) is 9.52 Å². The van der Waals surface area contributed by atoms with Gasteiger partial charge in [-0.2, -0.15) is 4.39 Å². The molecule has 0 unspecified atom stereocenters. The van der Waals surface area contributed by atoms with Crippen LogP contribution < -0.4 is 19.5 Å². The Labute approximate surface area is 195 Å². The predicted molar refractivity (Wildman–Crippen MR) is 127 cm³/mol. The molecule has 1 atom stereocenters. The average molecular weight is 473 g/mol. The molecule has 3 rings (SSSR count). The second-order valence-electron chi connectivity index (χ2n) is 7.01. The second-order valence-corrected chi connectivity index (χ2v) is 8.00. The summed E-state index contributed by atoms with van der Waals surface area (Å²) in [4.78, 5) is 16.6. The van der Waals surface area contributed by atoms with Gasteiger partial charge in [-0.1, -0.05) is 35.6 Å². The van der Waals surface area contributed by atoms with E-state index >= 15 is 0 Å². The number of methoxy groups -OCH3 is 3. The summed E-state index contributed by atoms with van der Waals surface area (Å²) in [5.74, 6) is 1.28. The van der Waals surface area contributed by atoms with Gasteiger partial charge in [0.15, 0.2) is 21.8 Å². The molecule has 1 aromatic heterocycles. The van der Waals surface area contributed by atoms with Crippen LogP contribution in [0.25, 0.3) is 12.2 Å². The molecule has 0 saturated heterocycles. The van der Waals surface area contributed by atoms with Crippen LogP contribution in [0.1, 0.15) is 28.4 Å². The van der Waals surface area contributed by atoms with Gasteiger partial charge in [-0.3, -0.25) is 10.1 Å². The van der Waals surface area contributed by atoms with Crippen LogP contribution in [0.5, 0.6) is 17.2 Å². The normalized spacial score (nSPS) is 11.9. The van der Waals surface area contributed by atoms with Gasteiger partial charge in [0.05, 0.1) is 27.0 Å². The van der Waals surface area contributed by atoms with E-state index in [2.05, 4.69) is 10.3 Å². The lowest BCUT2D eigenvalue weighted by atomic mass is 10.1. The van der Waals surface area contributed by atoms with Crippen LogP contribution in [0, 0.1) is 5.13 Å². The number of halogens is 1. The highest BCUT2D eigenvalue weighted by atomic mass is 32.1. The van der Waals surface area contributed by atoms with E-state index in [0.29, 0.717) is 29.4 Å². The third kappa shape index (κ3) is 6.53. The topological polar surface area (TPSA) is 78.9 Å². The molecule has 0 saturated carbocycles. The quantitative estimate of drug-likeness (QED) is 0.412. The van der Waals surface area contributed by atoms with E-state index in [1.165, 1.54) is 0 Å². The minimum atomic E-state index is -0.480. The van der Waals surface area contributed by atoms with Crippen molar-refractivity contribution in [1.82, 2.24) is 4.98 Å². The fraction of sp³-hybridized carbons (Fsp3) is 0.250. The van der Waals surface area contributed by atoms with E-state index in [-0.39, 0.29) is 11.2 Å². The van der Waals surface area contributed by atoms with E-state index in [4.69, 9.17) is 18.9 Å². The molecule has 2 aromatic carbocycles. The lowest BCUT2D eigenvalue weighted by molar-refractivity contribution is 0.0917. The van der Waals surface area contributed by atoms with Crippen LogP contribution in [0.2, 0.25) is 0 Å². The summed E-state index contributed by atoms with van der Waals surface area (Å²) in [6, 6.07) is 10.7. The fourth-order valence-electron chi connectivity index (χ4n) is 3.13. The standard InChI is InChI=1S/C24H25FN2O5S/c1-15(14-29-2)32-19-11-16(8-9-17-6-5-7-20(30-3)22(17)31-4)10-18(12-19)23(28)27-24-26-13-21(25)33-24/h5-13,15H,14H2,1-4H3,(H,26,27,28)/t15-/m0/s1. The Morgan fingerprint density at radius 1 is 1.18 bits per heavy atom. The third-order valence-electron chi connectivity index (χ3n) is 4.52. The monoisotopic (exact) mass is 472 g/mol. The number of rotatable bonds is 10. The molecular formula is C24H25FN2O5S. The zero-order chi connectivity index (χ0) is 23.8. The van der Waals surface area contributed by atoms with Crippen molar-refractivity contribution in [2.24, 2.45) is 0 Å². The van der Waals surface area contributed by atoms with Crippen molar-refractivity contribution in [3.8, 4) is 17.2 Å². The predicted octanol–water partition coefficient (Wildman–Crippen LogP) is 5.14. The number of ether oxygens (including phenoxy) is 4. The van der Waals surface area contributed by atoms with Crippen LogP contribution in [-0.4, -0.2) is 44.9 Å². The molecule has 1 heterocycles. The average Bonchev–Trinajstić information content (AvgIpc) is 3.21. The van der Waals surface area contributed by atoms with Crippen LogP contribution >= 0.6 is 11.3 Å². The first-order valence-electron chi connectivity index (χ1n) is 10.1. The maximum absolute atomic E-state index is 13.2. The SMILES string of the molecule is COC[C@H](C)Oc1cc(C=Cc2cccc(OC)c2OC)cc(C(=O)Nc2ncc(F)s2)c1. The second kappa shape index (κ2) is 11.4. The summed E-state index contributed by atoms with van der Waals surface area (Å²) in [6.07, 6.45) is 4.53. The highest BCUT2D eigenvalue weighted by molar-refractivity contribution is 7.14. The van der Waals surface area contributed by atoms with E-state index in [1.807, 2.05) is 43.3 Å². The molecule has 33 heavy (non-hydrogen) atoms. The summed E-state index contributed by atoms with van der Waals surface area (Å²) in [5.41, 5.74) is 1.86. The maximum atomic E-state index is 13.2. The van der Waals surface area contributed by atoms with Crippen molar-refractivity contribution in [1.29, 1.82) is 0 Å². The van der Waals surface area contributed by atoms with Crippen molar-refractivity contribution >= 4 is 34.5 Å². The molecule has 3 aromatic rings. The number of benzene rings is 2. The summed E-state index contributed by atoms with van der Waals surface area (Å²) in [5, 5.41) is 2.30. The number of para-hydroxylation sites is 1. The van der Waals surface area contributed by atoms with Crippen LogP contribution in [0.15, 0.2) is 42.6 Å². The summed E-state index contributed by atoms with van der Waals surface area (Å²) < 4.78 is 35.1. The van der Waals surface area contributed by atoms with E-state index in [1.54, 1.807) is 33.5 Å². The highest BCUT2D eigenvalue weighted by Crippen LogP contribution is 2.32. The van der Waals surface area contributed by atoms with Gasteiger partial charge in [0, 0.05) is 18.2 Å². The number of hydrogen-bond acceptors (Lipinski definition) is 7. The van der Waals surface area contributed by atoms with Gasteiger partial charge in [-0.25, -0.2) is 4.98 Å². The number of amides is 1. The Morgan fingerprint density at radius 3 is 2.67 bits per heavy atom. The van der Waals surface area contributed by atoms with Gasteiger partial charge in [0.2, 0.25) is 0 Å². The first kappa shape index (κ1) is 24.2. The Balaban J connectivity index is 1.93. The minimum Gasteiger partial charge on any atom is -0.493 e. The van der Waals surface area contributed by atoms with Crippen LogP contribution in [0.3, 0.4) is 0 Å². The number of aromatic nitrogens is 1. The molecule has 0 aliphatic rings. The van der Waals surface area contributed by atoms with E-state index < -0.39 is 11.0 Å². The zero-order valence-electron chi connectivity index (χ0n) is 18.8. The minimum absolute atomic E-state index is 0.176. The fourth-order valence-corrected chi connectivity index (χ4v) is 3.67. The molecule has 9 heteroatoms. The number of hydrogen-bond donors (Lipinski definition) is 1. The largest absolute Gasteiger partial charge is 0.493 e. The Bertz CT molecular complexity index is 1130. The van der Waals surface area contributed by atoms with Crippen molar-refractivity contribution in [2.45, 2.75) is 13.0 Å². The number of nitrogens with one attached hydrogen (secondary N) is 1. The summed E-state index contributed by atoms with van der Waals surface area (Å²) in [6.45, 7) is 2.26. The Morgan fingerprint density at radius 2 is 2.00 bits per heavy atom. The molecule has 1 amide bonds. The molecule has 0 aliphatic carbocycles. The molecule has 0 spiro atoms. The molecule has 1 N–H and O–H groups in total. The van der Waals surface area contributed by atoms with E-state index in [9.17, 15) is 9.18 Å². The van der Waals surface area contributed by atoms with Crippen molar-refractivity contribution < 1.29 is 28.1 Å². The zero-order valence-corrected chi connectivity index (χ0v) is 19.6. The molecule has 0 aliphatic heterocycles. The number of anilines is 1. The third-order valence-corrected chi connectivity index (χ3v) is 5.22. The highest BCUT2D eigenvalue weighted by Gasteiger charge is 2.14. The molecule has 0 radical (unpaired) electrons. The maximum Gasteiger partial charge on any atom is 0.257 e. The lowest BCUT2D eigenvalue weighted by Crippen LogP contribution is -2.18. The molecule has 174 valence electrons. The van der Waals surface area contributed by atoms with Crippen molar-refractivity contribution in [3.63, 3.8) is 0 Å².